The second-order valence-electron chi connectivity index (χ2n) is 5.58. The molecule has 0 bridgehead atoms. The Morgan fingerprint density at radius 3 is 2.78 bits per heavy atom. The fraction of sp³-hybridized carbons (Fsp3) is 0.714. The van der Waals surface area contributed by atoms with E-state index in [2.05, 4.69) is 15.9 Å². The lowest BCUT2D eigenvalue weighted by Crippen LogP contribution is -2.39. The summed E-state index contributed by atoms with van der Waals surface area (Å²) in [5.74, 6) is 0.928. The van der Waals surface area contributed by atoms with Gasteiger partial charge < -0.3 is 14.3 Å². The predicted molar refractivity (Wildman–Crippen MR) is 71.2 cm³/mol. The van der Waals surface area contributed by atoms with E-state index in [4.69, 9.17) is 9.15 Å². The van der Waals surface area contributed by atoms with Crippen LogP contribution in [0.15, 0.2) is 21.2 Å². The fourth-order valence-corrected chi connectivity index (χ4v) is 3.74. The molecule has 1 aliphatic heterocycles. The van der Waals surface area contributed by atoms with Crippen LogP contribution >= 0.6 is 15.9 Å². The first kappa shape index (κ1) is 12.7. The van der Waals surface area contributed by atoms with Gasteiger partial charge in [0, 0.05) is 6.61 Å². The molecule has 2 unspecified atom stereocenters. The van der Waals surface area contributed by atoms with Crippen LogP contribution in [0.5, 0.6) is 0 Å². The second kappa shape index (κ2) is 4.99. The maximum Gasteiger partial charge on any atom is 0.169 e. The van der Waals surface area contributed by atoms with Gasteiger partial charge in [-0.1, -0.05) is 12.8 Å². The zero-order valence-corrected chi connectivity index (χ0v) is 12.0. The highest BCUT2D eigenvalue weighted by molar-refractivity contribution is 9.10. The number of hydrogen-bond acceptors (Lipinski definition) is 3. The quantitative estimate of drug-likeness (QED) is 0.902. The summed E-state index contributed by atoms with van der Waals surface area (Å²) in [5, 5.41) is 10.4. The van der Waals surface area contributed by atoms with E-state index in [1.165, 1.54) is 12.8 Å². The summed E-state index contributed by atoms with van der Waals surface area (Å²) in [6.07, 6.45) is 6.20. The molecular weight excluding hydrogens is 296 g/mol. The van der Waals surface area contributed by atoms with E-state index >= 15 is 0 Å². The Hall–Kier alpha value is -0.320. The van der Waals surface area contributed by atoms with Crippen LogP contribution in [0, 0.1) is 5.92 Å². The summed E-state index contributed by atoms with van der Waals surface area (Å²) < 4.78 is 12.2. The molecule has 4 heteroatoms. The van der Waals surface area contributed by atoms with Crippen molar-refractivity contribution >= 4 is 15.9 Å². The molecule has 1 spiro atoms. The number of aliphatic hydroxyl groups excluding tert-OH is 1. The lowest BCUT2D eigenvalue weighted by molar-refractivity contribution is -0.115. The van der Waals surface area contributed by atoms with E-state index in [0.29, 0.717) is 10.4 Å². The zero-order chi connectivity index (χ0) is 12.6. The Balaban J connectivity index is 1.72. The minimum atomic E-state index is -0.502. The summed E-state index contributed by atoms with van der Waals surface area (Å²) in [6.45, 7) is 0.767. The van der Waals surface area contributed by atoms with Crippen LogP contribution in [0.4, 0.5) is 0 Å². The molecule has 1 aromatic rings. The highest BCUT2D eigenvalue weighted by Gasteiger charge is 2.42. The largest absolute Gasteiger partial charge is 0.452 e. The van der Waals surface area contributed by atoms with Gasteiger partial charge in [0.25, 0.3) is 0 Å². The molecule has 2 fully saturated rings. The van der Waals surface area contributed by atoms with E-state index in [9.17, 15) is 5.11 Å². The van der Waals surface area contributed by atoms with Gasteiger partial charge in [-0.3, -0.25) is 0 Å². The van der Waals surface area contributed by atoms with E-state index in [1.54, 1.807) is 0 Å². The lowest BCUT2D eigenvalue weighted by atomic mass is 9.81. The van der Waals surface area contributed by atoms with Crippen LogP contribution in [0.1, 0.15) is 50.4 Å². The molecule has 1 saturated heterocycles. The van der Waals surface area contributed by atoms with E-state index in [0.717, 1.165) is 32.3 Å². The van der Waals surface area contributed by atoms with Crippen molar-refractivity contribution in [2.24, 2.45) is 5.92 Å². The first-order valence-electron chi connectivity index (χ1n) is 6.76. The third-order valence-corrected chi connectivity index (χ3v) is 4.80. The maximum atomic E-state index is 10.4. The molecule has 1 aromatic heterocycles. The summed E-state index contributed by atoms with van der Waals surface area (Å²) in [4.78, 5) is 0. The summed E-state index contributed by atoms with van der Waals surface area (Å²) in [6, 6.07) is 3.69. The number of hydrogen-bond donors (Lipinski definition) is 1. The van der Waals surface area contributed by atoms with Gasteiger partial charge in [-0.2, -0.15) is 0 Å². The van der Waals surface area contributed by atoms with Gasteiger partial charge in [-0.25, -0.2) is 0 Å². The highest BCUT2D eigenvalue weighted by Crippen LogP contribution is 2.45. The van der Waals surface area contributed by atoms with Crippen molar-refractivity contribution < 1.29 is 14.3 Å². The van der Waals surface area contributed by atoms with Crippen LogP contribution < -0.4 is 0 Å². The second-order valence-corrected chi connectivity index (χ2v) is 6.36. The Bertz CT molecular complexity index is 409. The zero-order valence-electron chi connectivity index (χ0n) is 10.4. The minimum Gasteiger partial charge on any atom is -0.452 e. The van der Waals surface area contributed by atoms with Crippen molar-refractivity contribution in [1.82, 2.24) is 0 Å². The fourth-order valence-electron chi connectivity index (χ4n) is 3.42. The Morgan fingerprint density at radius 2 is 2.11 bits per heavy atom. The molecule has 3 rings (SSSR count). The van der Waals surface area contributed by atoms with E-state index < -0.39 is 6.10 Å². The van der Waals surface area contributed by atoms with Crippen LogP contribution in [0.25, 0.3) is 0 Å². The van der Waals surface area contributed by atoms with Crippen molar-refractivity contribution in [3.63, 3.8) is 0 Å². The first-order valence-corrected chi connectivity index (χ1v) is 7.55. The van der Waals surface area contributed by atoms with Crippen LogP contribution in [0.3, 0.4) is 0 Å². The van der Waals surface area contributed by atoms with Crippen LogP contribution in [0.2, 0.25) is 0 Å². The molecule has 2 aliphatic rings. The summed E-state index contributed by atoms with van der Waals surface area (Å²) in [7, 11) is 0. The van der Waals surface area contributed by atoms with E-state index in [1.807, 2.05) is 12.1 Å². The third kappa shape index (κ3) is 2.38. The third-order valence-electron chi connectivity index (χ3n) is 4.38. The van der Waals surface area contributed by atoms with Gasteiger partial charge in [0.1, 0.15) is 11.9 Å². The minimum absolute atomic E-state index is 0.0493. The molecule has 2 atom stereocenters. The smallest absolute Gasteiger partial charge is 0.169 e. The summed E-state index contributed by atoms with van der Waals surface area (Å²) >= 11 is 3.28. The predicted octanol–water partition coefficient (Wildman–Crippen LogP) is 3.81. The molecule has 0 radical (unpaired) electrons. The average Bonchev–Trinajstić information content (AvgIpc) is 2.98. The molecule has 2 heterocycles. The molecule has 1 aliphatic carbocycles. The van der Waals surface area contributed by atoms with E-state index in [-0.39, 0.29) is 11.5 Å². The number of aliphatic hydroxyl groups is 1. The maximum absolute atomic E-state index is 10.4. The van der Waals surface area contributed by atoms with Crippen molar-refractivity contribution in [1.29, 1.82) is 0 Å². The van der Waals surface area contributed by atoms with Gasteiger partial charge >= 0.3 is 0 Å². The van der Waals surface area contributed by atoms with Gasteiger partial charge in [0.2, 0.25) is 0 Å². The van der Waals surface area contributed by atoms with Crippen LogP contribution in [-0.2, 0) is 4.74 Å². The normalized spacial score (nSPS) is 28.7. The van der Waals surface area contributed by atoms with Crippen LogP contribution in [-0.4, -0.2) is 17.3 Å². The van der Waals surface area contributed by atoms with Crippen molar-refractivity contribution in [3.05, 3.63) is 22.6 Å². The number of ether oxygens (including phenoxy) is 1. The topological polar surface area (TPSA) is 42.6 Å². The van der Waals surface area contributed by atoms with Crippen molar-refractivity contribution in [2.45, 2.75) is 50.2 Å². The summed E-state index contributed by atoms with van der Waals surface area (Å²) in [5.41, 5.74) is 0.0493. The molecule has 3 nitrogen and oxygen atoms in total. The standard InChI is InChI=1S/C14H19BrO3/c15-12-4-3-11(18-12)13(16)10-5-8-17-14(9-10)6-1-2-7-14/h3-4,10,13,16H,1-2,5-9H2. The van der Waals surface area contributed by atoms with Gasteiger partial charge in [-0.05, 0) is 59.7 Å². The molecule has 100 valence electrons. The SMILES string of the molecule is OC(c1ccc(Br)o1)C1CCOC2(CCCC2)C1. The molecule has 18 heavy (non-hydrogen) atoms. The molecular formula is C14H19BrO3. The first-order chi connectivity index (χ1) is 8.69. The van der Waals surface area contributed by atoms with Crippen molar-refractivity contribution in [2.75, 3.05) is 6.61 Å². The molecule has 1 saturated carbocycles. The molecule has 0 amide bonds. The number of rotatable bonds is 2. The van der Waals surface area contributed by atoms with Gasteiger partial charge in [-0.15, -0.1) is 0 Å². The Kier molecular flexibility index (Phi) is 3.52. The highest BCUT2D eigenvalue weighted by atomic mass is 79.9. The average molecular weight is 315 g/mol. The Morgan fingerprint density at radius 1 is 1.33 bits per heavy atom. The Labute approximate surface area is 116 Å². The monoisotopic (exact) mass is 314 g/mol. The number of furan rings is 1. The van der Waals surface area contributed by atoms with Crippen molar-refractivity contribution in [3.8, 4) is 0 Å². The lowest BCUT2D eigenvalue weighted by Gasteiger charge is -2.39. The van der Waals surface area contributed by atoms with Gasteiger partial charge in [0.05, 0.1) is 5.60 Å². The molecule has 0 aromatic carbocycles. The number of halogens is 1. The molecule has 1 N–H and O–H groups in total. The van der Waals surface area contributed by atoms with Gasteiger partial charge in [0.15, 0.2) is 4.67 Å².